The molecule has 2 amide bonds. The number of carbonyl (C=O) groups excluding carboxylic acids is 2. The number of aliphatic hydroxyl groups is 1. The fourth-order valence-electron chi connectivity index (χ4n) is 2.28. The maximum atomic E-state index is 11.8. The number of hydrogen-bond donors (Lipinski definition) is 1. The molecular weight excluding hydrogens is 206 g/mol. The third-order valence-electron chi connectivity index (χ3n) is 3.27. The monoisotopic (exact) mass is 217 g/mol. The largest absolute Gasteiger partial charge is 0.392 e. The number of rotatable bonds is 2. The summed E-state index contributed by atoms with van der Waals surface area (Å²) in [4.78, 5) is 24.9. The van der Waals surface area contributed by atoms with E-state index in [2.05, 4.69) is 0 Å². The summed E-state index contributed by atoms with van der Waals surface area (Å²) in [5, 5.41) is 9.18. The predicted octanol–water partition coefficient (Wildman–Crippen LogP) is 0.688. The minimum Gasteiger partial charge on any atom is -0.392 e. The second-order valence-corrected chi connectivity index (χ2v) is 4.25. The molecular formula is C12H11NO3. The summed E-state index contributed by atoms with van der Waals surface area (Å²) >= 11 is 0. The Morgan fingerprint density at radius 3 is 2.44 bits per heavy atom. The van der Waals surface area contributed by atoms with Crippen LogP contribution in [0.3, 0.4) is 0 Å². The van der Waals surface area contributed by atoms with Gasteiger partial charge < -0.3 is 5.11 Å². The van der Waals surface area contributed by atoms with E-state index < -0.39 is 0 Å². The highest BCUT2D eigenvalue weighted by atomic mass is 16.3. The standard InChI is InChI=1S/C12H11NO3/c14-6-7-3-1-2-4-10(7)13-11(15)8-5-9(8)12(13)16/h1-4,8-9,14H,5-6H2. The molecule has 1 N–H and O–H groups in total. The van der Waals surface area contributed by atoms with Crippen molar-refractivity contribution in [2.24, 2.45) is 11.8 Å². The quantitative estimate of drug-likeness (QED) is 0.741. The number of amides is 2. The Hall–Kier alpha value is -1.68. The first-order valence-corrected chi connectivity index (χ1v) is 5.30. The molecule has 3 rings (SSSR count). The number of hydrogen-bond acceptors (Lipinski definition) is 3. The molecule has 82 valence electrons. The molecule has 1 aromatic carbocycles. The van der Waals surface area contributed by atoms with Gasteiger partial charge in [-0.25, -0.2) is 4.90 Å². The van der Waals surface area contributed by atoms with Crippen molar-refractivity contribution in [1.82, 2.24) is 0 Å². The lowest BCUT2D eigenvalue weighted by molar-refractivity contribution is -0.123. The average molecular weight is 217 g/mol. The third kappa shape index (κ3) is 1.13. The van der Waals surface area contributed by atoms with E-state index in [9.17, 15) is 14.7 Å². The Bertz CT molecular complexity index is 463. The fraction of sp³-hybridized carbons (Fsp3) is 0.333. The summed E-state index contributed by atoms with van der Waals surface area (Å²) in [7, 11) is 0. The van der Waals surface area contributed by atoms with Gasteiger partial charge in [0.05, 0.1) is 24.1 Å². The van der Waals surface area contributed by atoms with E-state index in [1.807, 2.05) is 0 Å². The second kappa shape index (κ2) is 3.15. The number of nitrogens with zero attached hydrogens (tertiary/aromatic N) is 1. The number of fused-ring (bicyclic) bond motifs is 1. The highest BCUT2D eigenvalue weighted by Gasteiger charge is 2.59. The van der Waals surface area contributed by atoms with Gasteiger partial charge in [-0.1, -0.05) is 18.2 Å². The van der Waals surface area contributed by atoms with E-state index in [1.54, 1.807) is 24.3 Å². The molecule has 1 aromatic rings. The van der Waals surface area contributed by atoms with E-state index >= 15 is 0 Å². The minimum atomic E-state index is -0.164. The Balaban J connectivity index is 2.04. The van der Waals surface area contributed by atoms with E-state index in [4.69, 9.17) is 0 Å². The predicted molar refractivity (Wildman–Crippen MR) is 56.5 cm³/mol. The van der Waals surface area contributed by atoms with Crippen LogP contribution < -0.4 is 4.90 Å². The lowest BCUT2D eigenvalue weighted by atomic mass is 10.1. The highest BCUT2D eigenvalue weighted by Crippen LogP contribution is 2.48. The molecule has 16 heavy (non-hydrogen) atoms. The highest BCUT2D eigenvalue weighted by molar-refractivity contribution is 6.25. The zero-order chi connectivity index (χ0) is 11.3. The van der Waals surface area contributed by atoms with Gasteiger partial charge in [0, 0.05) is 5.56 Å². The van der Waals surface area contributed by atoms with E-state index in [1.165, 1.54) is 4.90 Å². The Labute approximate surface area is 92.5 Å². The summed E-state index contributed by atoms with van der Waals surface area (Å²) in [6, 6.07) is 6.96. The van der Waals surface area contributed by atoms with Gasteiger partial charge in [0.15, 0.2) is 0 Å². The Morgan fingerprint density at radius 2 is 1.81 bits per heavy atom. The summed E-state index contributed by atoms with van der Waals surface area (Å²) in [5.74, 6) is -0.426. The number of piperidine rings is 1. The summed E-state index contributed by atoms with van der Waals surface area (Å²) in [6.45, 7) is -0.164. The van der Waals surface area contributed by atoms with Gasteiger partial charge in [0.25, 0.3) is 0 Å². The van der Waals surface area contributed by atoms with Crippen molar-refractivity contribution >= 4 is 17.5 Å². The molecule has 2 unspecified atom stereocenters. The number of benzene rings is 1. The minimum absolute atomic E-state index is 0.0979. The van der Waals surface area contributed by atoms with Crippen molar-refractivity contribution in [1.29, 1.82) is 0 Å². The molecule has 1 saturated carbocycles. The molecule has 2 fully saturated rings. The second-order valence-electron chi connectivity index (χ2n) is 4.25. The van der Waals surface area contributed by atoms with Crippen molar-refractivity contribution in [2.75, 3.05) is 4.90 Å². The molecule has 1 saturated heterocycles. The van der Waals surface area contributed by atoms with Gasteiger partial charge in [-0.2, -0.15) is 0 Å². The van der Waals surface area contributed by atoms with Crippen molar-refractivity contribution < 1.29 is 14.7 Å². The zero-order valence-corrected chi connectivity index (χ0v) is 8.59. The van der Waals surface area contributed by atoms with Crippen LogP contribution >= 0.6 is 0 Å². The Morgan fingerprint density at radius 1 is 1.19 bits per heavy atom. The van der Waals surface area contributed by atoms with Gasteiger partial charge >= 0.3 is 0 Å². The molecule has 0 bridgehead atoms. The van der Waals surface area contributed by atoms with Crippen LogP contribution in [0.25, 0.3) is 0 Å². The molecule has 1 aliphatic heterocycles. The topological polar surface area (TPSA) is 57.6 Å². The molecule has 0 radical (unpaired) electrons. The van der Waals surface area contributed by atoms with Crippen LogP contribution in [-0.2, 0) is 16.2 Å². The van der Waals surface area contributed by atoms with Crippen LogP contribution in [0.4, 0.5) is 5.69 Å². The summed E-state index contributed by atoms with van der Waals surface area (Å²) < 4.78 is 0. The molecule has 1 heterocycles. The molecule has 2 atom stereocenters. The van der Waals surface area contributed by atoms with Crippen molar-refractivity contribution in [3.05, 3.63) is 29.8 Å². The number of para-hydroxylation sites is 1. The molecule has 2 aliphatic rings. The normalized spacial score (nSPS) is 27.2. The Kier molecular flexibility index (Phi) is 1.88. The first-order chi connectivity index (χ1) is 7.74. The molecule has 4 heteroatoms. The van der Waals surface area contributed by atoms with E-state index in [0.29, 0.717) is 17.7 Å². The van der Waals surface area contributed by atoms with Crippen LogP contribution in [0.1, 0.15) is 12.0 Å². The fourth-order valence-corrected chi connectivity index (χ4v) is 2.28. The van der Waals surface area contributed by atoms with Gasteiger partial charge in [-0.3, -0.25) is 9.59 Å². The lowest BCUT2D eigenvalue weighted by Crippen LogP contribution is -2.33. The van der Waals surface area contributed by atoms with Crippen LogP contribution in [0.5, 0.6) is 0 Å². The molecule has 1 aliphatic carbocycles. The lowest BCUT2D eigenvalue weighted by Gasteiger charge is -2.19. The van der Waals surface area contributed by atoms with Gasteiger partial charge in [-0.05, 0) is 12.5 Å². The van der Waals surface area contributed by atoms with E-state index in [0.717, 1.165) is 0 Å². The van der Waals surface area contributed by atoms with Crippen LogP contribution in [0.15, 0.2) is 24.3 Å². The molecule has 0 spiro atoms. The van der Waals surface area contributed by atoms with Crippen molar-refractivity contribution in [3.63, 3.8) is 0 Å². The average Bonchev–Trinajstić information content (AvgIpc) is 3.05. The van der Waals surface area contributed by atoms with Crippen LogP contribution in [0, 0.1) is 11.8 Å². The van der Waals surface area contributed by atoms with Crippen molar-refractivity contribution in [3.8, 4) is 0 Å². The number of imide groups is 1. The van der Waals surface area contributed by atoms with Crippen LogP contribution in [0.2, 0.25) is 0 Å². The van der Waals surface area contributed by atoms with Gasteiger partial charge in [0.2, 0.25) is 11.8 Å². The van der Waals surface area contributed by atoms with Crippen molar-refractivity contribution in [2.45, 2.75) is 13.0 Å². The molecule has 4 nitrogen and oxygen atoms in total. The SMILES string of the molecule is O=C1C2CC2C(=O)N1c1ccccc1CO. The van der Waals surface area contributed by atoms with Crippen LogP contribution in [-0.4, -0.2) is 16.9 Å². The molecule has 0 aromatic heterocycles. The van der Waals surface area contributed by atoms with E-state index in [-0.39, 0.29) is 30.3 Å². The summed E-state index contributed by atoms with van der Waals surface area (Å²) in [6.07, 6.45) is 0.704. The zero-order valence-electron chi connectivity index (χ0n) is 8.59. The smallest absolute Gasteiger partial charge is 0.237 e. The van der Waals surface area contributed by atoms with Gasteiger partial charge in [-0.15, -0.1) is 0 Å². The first-order valence-electron chi connectivity index (χ1n) is 5.30. The first kappa shape index (κ1) is 9.54. The summed E-state index contributed by atoms with van der Waals surface area (Å²) in [5.41, 5.74) is 1.15. The van der Waals surface area contributed by atoms with Gasteiger partial charge in [0.1, 0.15) is 0 Å². The maximum Gasteiger partial charge on any atom is 0.237 e. The number of carbonyl (C=O) groups is 2. The number of aliphatic hydroxyl groups excluding tert-OH is 1. The number of anilines is 1. The third-order valence-corrected chi connectivity index (χ3v) is 3.27. The maximum absolute atomic E-state index is 11.8.